The summed E-state index contributed by atoms with van der Waals surface area (Å²) in [5.74, 6) is -0.0777. The molecule has 0 aliphatic rings. The van der Waals surface area contributed by atoms with E-state index in [0.29, 0.717) is 6.42 Å². The van der Waals surface area contributed by atoms with Crippen molar-refractivity contribution in [3.8, 4) is 0 Å². The average Bonchev–Trinajstić information content (AvgIpc) is 3.26. The van der Waals surface area contributed by atoms with E-state index in [4.69, 9.17) is 0 Å². The topological polar surface area (TPSA) is 69.6 Å². The maximum atomic E-state index is 12.4. The van der Waals surface area contributed by atoms with Crippen molar-refractivity contribution in [2.24, 2.45) is 0 Å². The molecule has 0 saturated heterocycles. The molecule has 0 aliphatic carbocycles. The summed E-state index contributed by atoms with van der Waals surface area (Å²) in [6.07, 6.45) is 74.9. The Kier molecular flexibility index (Phi) is 50.3. The van der Waals surface area contributed by atoms with Gasteiger partial charge in [-0.1, -0.05) is 247 Å². The zero-order valence-corrected chi connectivity index (χ0v) is 40.7. The number of carbonyl (C=O) groups is 1. The third-order valence-electron chi connectivity index (χ3n) is 11.9. The van der Waals surface area contributed by atoms with Gasteiger partial charge in [-0.3, -0.25) is 4.79 Å². The van der Waals surface area contributed by atoms with Gasteiger partial charge in [-0.2, -0.15) is 0 Å². The minimum atomic E-state index is -0.871. The molecule has 0 aromatic heterocycles. The van der Waals surface area contributed by atoms with Crippen molar-refractivity contribution in [1.82, 2.24) is 5.32 Å². The zero-order chi connectivity index (χ0) is 44.2. The first-order valence-corrected chi connectivity index (χ1v) is 26.7. The summed E-state index contributed by atoms with van der Waals surface area (Å²) >= 11 is 0. The normalized spacial score (nSPS) is 13.4. The molecular weight excluding hydrogens is 747 g/mol. The predicted molar refractivity (Wildman–Crippen MR) is 271 cm³/mol. The molecule has 4 heteroatoms. The Morgan fingerprint density at radius 2 is 0.689 bits per heavy atom. The van der Waals surface area contributed by atoms with Crippen LogP contribution in [0.25, 0.3) is 0 Å². The van der Waals surface area contributed by atoms with Crippen LogP contribution >= 0.6 is 0 Å². The highest BCUT2D eigenvalue weighted by molar-refractivity contribution is 5.76. The van der Waals surface area contributed by atoms with Crippen LogP contribution in [-0.2, 0) is 4.79 Å². The van der Waals surface area contributed by atoms with Crippen molar-refractivity contribution < 1.29 is 15.0 Å². The molecule has 61 heavy (non-hydrogen) atoms. The molecule has 0 spiro atoms. The van der Waals surface area contributed by atoms with E-state index >= 15 is 0 Å². The summed E-state index contributed by atoms with van der Waals surface area (Å²) in [5.41, 5.74) is 0. The standard InChI is InChI=1S/C57H103NO3/c1-3-5-7-9-11-13-15-17-19-20-21-22-23-24-25-26-27-28-29-30-31-32-33-34-35-36-37-38-39-41-43-45-47-49-51-53-57(61)58-55(54-59)56(60)52-50-48-46-44-42-40-18-16-14-12-10-8-6-4-2/h14-17,20-21,23-24,42,44,50,52,55-56,59-60H,3-13,18-19,22,25-41,43,45-49,51,53-54H2,1-2H3,(H,58,61)/b16-14+,17-15-,21-20-,24-23-,44-42+,52-50+. The van der Waals surface area contributed by atoms with Gasteiger partial charge in [0.05, 0.1) is 18.8 Å². The number of hydrogen-bond acceptors (Lipinski definition) is 3. The maximum Gasteiger partial charge on any atom is 0.220 e. The van der Waals surface area contributed by atoms with E-state index in [-0.39, 0.29) is 12.5 Å². The molecule has 354 valence electrons. The smallest absolute Gasteiger partial charge is 0.220 e. The van der Waals surface area contributed by atoms with Gasteiger partial charge in [0.2, 0.25) is 5.91 Å². The number of unbranched alkanes of at least 4 members (excludes halogenated alkanes) is 31. The number of aliphatic hydroxyl groups excluding tert-OH is 2. The molecule has 2 atom stereocenters. The largest absolute Gasteiger partial charge is 0.394 e. The lowest BCUT2D eigenvalue weighted by atomic mass is 10.0. The highest BCUT2D eigenvalue weighted by Gasteiger charge is 2.17. The van der Waals surface area contributed by atoms with Crippen molar-refractivity contribution in [2.45, 2.75) is 276 Å². The lowest BCUT2D eigenvalue weighted by Gasteiger charge is -2.19. The van der Waals surface area contributed by atoms with E-state index in [1.54, 1.807) is 6.08 Å². The van der Waals surface area contributed by atoms with Crippen molar-refractivity contribution in [3.05, 3.63) is 72.9 Å². The molecule has 0 fully saturated rings. The number of nitrogens with one attached hydrogen (secondary N) is 1. The fraction of sp³-hybridized carbons (Fsp3) is 0.772. The van der Waals surface area contributed by atoms with Gasteiger partial charge in [-0.05, 0) is 83.5 Å². The molecule has 0 rings (SSSR count). The number of carbonyl (C=O) groups excluding carboxylic acids is 1. The first-order chi connectivity index (χ1) is 30.2. The van der Waals surface area contributed by atoms with Gasteiger partial charge in [-0.15, -0.1) is 0 Å². The molecule has 4 nitrogen and oxygen atoms in total. The number of amides is 1. The molecule has 2 unspecified atom stereocenters. The first kappa shape index (κ1) is 58.8. The van der Waals surface area contributed by atoms with Crippen molar-refractivity contribution in [2.75, 3.05) is 6.61 Å². The van der Waals surface area contributed by atoms with Gasteiger partial charge in [0, 0.05) is 6.42 Å². The summed E-state index contributed by atoms with van der Waals surface area (Å²) in [7, 11) is 0. The van der Waals surface area contributed by atoms with Crippen molar-refractivity contribution in [1.29, 1.82) is 0 Å². The zero-order valence-electron chi connectivity index (χ0n) is 40.7. The number of allylic oxidation sites excluding steroid dienone is 11. The average molecular weight is 850 g/mol. The Hall–Kier alpha value is -2.17. The lowest BCUT2D eigenvalue weighted by molar-refractivity contribution is -0.123. The van der Waals surface area contributed by atoms with E-state index in [1.165, 1.54) is 193 Å². The first-order valence-electron chi connectivity index (χ1n) is 26.7. The van der Waals surface area contributed by atoms with Crippen LogP contribution in [0.3, 0.4) is 0 Å². The van der Waals surface area contributed by atoms with Gasteiger partial charge < -0.3 is 15.5 Å². The number of rotatable bonds is 48. The summed E-state index contributed by atoms with van der Waals surface area (Å²) < 4.78 is 0. The lowest BCUT2D eigenvalue weighted by Crippen LogP contribution is -2.45. The van der Waals surface area contributed by atoms with Gasteiger partial charge in [-0.25, -0.2) is 0 Å². The quantitative estimate of drug-likeness (QED) is 0.0422. The van der Waals surface area contributed by atoms with E-state index in [0.717, 1.165) is 51.4 Å². The van der Waals surface area contributed by atoms with Crippen LogP contribution in [0.1, 0.15) is 264 Å². The molecule has 3 N–H and O–H groups in total. The molecule has 0 bridgehead atoms. The van der Waals surface area contributed by atoms with Crippen LogP contribution in [0.2, 0.25) is 0 Å². The second-order valence-electron chi connectivity index (χ2n) is 17.9. The minimum Gasteiger partial charge on any atom is -0.394 e. The molecular formula is C57H103NO3. The van der Waals surface area contributed by atoms with Crippen LogP contribution < -0.4 is 5.32 Å². The highest BCUT2D eigenvalue weighted by Crippen LogP contribution is 2.16. The second-order valence-corrected chi connectivity index (χ2v) is 17.9. The monoisotopic (exact) mass is 850 g/mol. The predicted octanol–water partition coefficient (Wildman–Crippen LogP) is 17.4. The van der Waals surface area contributed by atoms with Gasteiger partial charge in [0.25, 0.3) is 0 Å². The van der Waals surface area contributed by atoms with E-state index < -0.39 is 12.1 Å². The second kappa shape index (κ2) is 52.2. The number of hydrogen-bond donors (Lipinski definition) is 3. The van der Waals surface area contributed by atoms with E-state index in [9.17, 15) is 15.0 Å². The van der Waals surface area contributed by atoms with Crippen molar-refractivity contribution in [3.63, 3.8) is 0 Å². The molecule has 1 amide bonds. The van der Waals surface area contributed by atoms with Crippen molar-refractivity contribution >= 4 is 5.91 Å². The van der Waals surface area contributed by atoms with Crippen LogP contribution in [0.15, 0.2) is 72.9 Å². The molecule has 0 aromatic carbocycles. The van der Waals surface area contributed by atoms with Crippen LogP contribution in [-0.4, -0.2) is 34.9 Å². The summed E-state index contributed by atoms with van der Waals surface area (Å²) in [6, 6.07) is -0.646. The van der Waals surface area contributed by atoms with Crippen LogP contribution in [0, 0.1) is 0 Å². The fourth-order valence-corrected chi connectivity index (χ4v) is 7.81. The third kappa shape index (κ3) is 48.7. The molecule has 0 heterocycles. The third-order valence-corrected chi connectivity index (χ3v) is 11.9. The highest BCUT2D eigenvalue weighted by atomic mass is 16.3. The molecule has 0 aliphatic heterocycles. The van der Waals surface area contributed by atoms with E-state index in [1.807, 2.05) is 6.08 Å². The van der Waals surface area contributed by atoms with Crippen LogP contribution in [0.5, 0.6) is 0 Å². The Labute approximate surface area is 380 Å². The summed E-state index contributed by atoms with van der Waals surface area (Å²) in [6.45, 7) is 4.26. The SMILES string of the molecule is CCCCCC/C=C/CC/C=C/CC/C=C/C(O)C(CO)NC(=O)CCCCCCCCCCCCCCCCCCCCCC/C=C\C/C=C\C/C=C\CCCCCCC. The molecule has 0 saturated carbocycles. The Morgan fingerprint density at radius 1 is 0.393 bits per heavy atom. The summed E-state index contributed by atoms with van der Waals surface area (Å²) in [4.78, 5) is 12.4. The van der Waals surface area contributed by atoms with Gasteiger partial charge in [0.1, 0.15) is 0 Å². The van der Waals surface area contributed by atoms with E-state index in [2.05, 4.69) is 79.9 Å². The number of aliphatic hydroxyl groups is 2. The Balaban J connectivity index is 3.48. The van der Waals surface area contributed by atoms with Gasteiger partial charge in [0.15, 0.2) is 0 Å². The Bertz CT molecular complexity index is 1050. The minimum absolute atomic E-state index is 0.0777. The van der Waals surface area contributed by atoms with Gasteiger partial charge >= 0.3 is 0 Å². The summed E-state index contributed by atoms with van der Waals surface area (Å²) in [5, 5.41) is 23.0. The van der Waals surface area contributed by atoms with Crippen LogP contribution in [0.4, 0.5) is 0 Å². The Morgan fingerprint density at radius 3 is 1.08 bits per heavy atom. The molecule has 0 aromatic rings. The maximum absolute atomic E-state index is 12.4. The fourth-order valence-electron chi connectivity index (χ4n) is 7.81. The molecule has 0 radical (unpaired) electrons.